The average molecular weight is 199 g/mol. The van der Waals surface area contributed by atoms with Gasteiger partial charge >= 0.3 is 0 Å². The first-order chi connectivity index (χ1) is 6.24. The molecule has 0 N–H and O–H groups in total. The van der Waals surface area contributed by atoms with E-state index in [0.717, 1.165) is 0 Å². The van der Waals surface area contributed by atoms with Gasteiger partial charge in [-0.2, -0.15) is 0 Å². The van der Waals surface area contributed by atoms with E-state index in [1.54, 1.807) is 0 Å². The van der Waals surface area contributed by atoms with Crippen molar-refractivity contribution < 1.29 is 0 Å². The summed E-state index contributed by atoms with van der Waals surface area (Å²) in [5.41, 5.74) is 0. The van der Waals surface area contributed by atoms with Crippen LogP contribution >= 0.6 is 0 Å². The first-order valence-electron chi connectivity index (χ1n) is 6.09. The van der Waals surface area contributed by atoms with Crippen LogP contribution in [0.25, 0.3) is 0 Å². The number of hydrogen-bond donors (Lipinski definition) is 0. The van der Waals surface area contributed by atoms with Gasteiger partial charge in [-0.05, 0) is 6.04 Å². The third kappa shape index (κ3) is 4.85. The zero-order chi connectivity index (χ0) is 10.2. The molecule has 1 radical (unpaired) electrons. The van der Waals surface area contributed by atoms with Gasteiger partial charge in [0.2, 0.25) is 0 Å². The van der Waals surface area contributed by atoms with Gasteiger partial charge < -0.3 is 0 Å². The lowest BCUT2D eigenvalue weighted by Crippen LogP contribution is -2.32. The minimum atomic E-state index is -0.892. The van der Waals surface area contributed by atoms with E-state index in [9.17, 15) is 0 Å². The van der Waals surface area contributed by atoms with Crippen LogP contribution in [0.15, 0.2) is 0 Å². The third-order valence-corrected chi connectivity index (χ3v) is 8.88. The molecular weight excluding hydrogens is 172 g/mol. The standard InChI is InChI=1S/C12H27Si/c1-5-9-10-11-12-13(6-2,7-3)8-4/h12H,5-11H2,1-4H3. The van der Waals surface area contributed by atoms with E-state index in [1.807, 2.05) is 0 Å². The normalized spacial score (nSPS) is 12.0. The lowest BCUT2D eigenvalue weighted by Gasteiger charge is -2.27. The minimum absolute atomic E-state index is 0.892. The summed E-state index contributed by atoms with van der Waals surface area (Å²) in [6.45, 7) is 9.44. The van der Waals surface area contributed by atoms with Crippen LogP contribution in [0, 0.1) is 6.04 Å². The van der Waals surface area contributed by atoms with Gasteiger partial charge in [0.05, 0.1) is 8.07 Å². The topological polar surface area (TPSA) is 0 Å². The zero-order valence-corrected chi connectivity index (χ0v) is 11.0. The van der Waals surface area contributed by atoms with Crippen molar-refractivity contribution in [1.82, 2.24) is 0 Å². The molecule has 0 fully saturated rings. The molecule has 79 valence electrons. The molecule has 0 aliphatic rings. The molecule has 0 atom stereocenters. The molecular formula is C12H27Si. The third-order valence-electron chi connectivity index (χ3n) is 3.50. The van der Waals surface area contributed by atoms with Crippen molar-refractivity contribution in [2.75, 3.05) is 0 Å². The van der Waals surface area contributed by atoms with Crippen molar-refractivity contribution in [2.45, 2.75) is 71.5 Å². The van der Waals surface area contributed by atoms with Gasteiger partial charge in [-0.1, -0.05) is 71.5 Å². The molecule has 1 heteroatoms. The zero-order valence-electron chi connectivity index (χ0n) is 10.0. The van der Waals surface area contributed by atoms with Gasteiger partial charge in [0, 0.05) is 0 Å². The van der Waals surface area contributed by atoms with Crippen molar-refractivity contribution in [1.29, 1.82) is 0 Å². The van der Waals surface area contributed by atoms with E-state index in [4.69, 9.17) is 0 Å². The van der Waals surface area contributed by atoms with Gasteiger partial charge in [0.15, 0.2) is 0 Å². The first kappa shape index (κ1) is 13.2. The highest BCUT2D eigenvalue weighted by Crippen LogP contribution is 2.25. The Labute approximate surface area is 86.1 Å². The van der Waals surface area contributed by atoms with E-state index in [1.165, 1.54) is 43.8 Å². The Balaban J connectivity index is 3.68. The molecule has 13 heavy (non-hydrogen) atoms. The summed E-state index contributed by atoms with van der Waals surface area (Å²) in [6.07, 6.45) is 5.58. The molecule has 0 unspecified atom stereocenters. The minimum Gasteiger partial charge on any atom is -0.0678 e. The highest BCUT2D eigenvalue weighted by atomic mass is 28.3. The van der Waals surface area contributed by atoms with E-state index in [-0.39, 0.29) is 0 Å². The van der Waals surface area contributed by atoms with Crippen LogP contribution in [0.1, 0.15) is 53.4 Å². The van der Waals surface area contributed by atoms with Gasteiger partial charge in [0.1, 0.15) is 0 Å². The fraction of sp³-hybridized carbons (Fsp3) is 0.917. The Morgan fingerprint density at radius 1 is 0.846 bits per heavy atom. The second-order valence-electron chi connectivity index (χ2n) is 4.12. The van der Waals surface area contributed by atoms with Crippen LogP contribution in [-0.2, 0) is 0 Å². The molecule has 0 nitrogen and oxygen atoms in total. The van der Waals surface area contributed by atoms with E-state index in [2.05, 4.69) is 33.7 Å². The fourth-order valence-electron chi connectivity index (χ4n) is 1.99. The lowest BCUT2D eigenvalue weighted by molar-refractivity contribution is 0.718. The Bertz CT molecular complexity index is 97.4. The van der Waals surface area contributed by atoms with Crippen molar-refractivity contribution in [3.8, 4) is 0 Å². The Morgan fingerprint density at radius 3 is 1.77 bits per heavy atom. The number of hydrogen-bond acceptors (Lipinski definition) is 0. The van der Waals surface area contributed by atoms with Crippen LogP contribution < -0.4 is 0 Å². The maximum Gasteiger partial charge on any atom is 0.0558 e. The first-order valence-corrected chi connectivity index (χ1v) is 8.78. The average Bonchev–Trinajstić information content (AvgIpc) is 2.20. The summed E-state index contributed by atoms with van der Waals surface area (Å²) in [5.74, 6) is 0. The summed E-state index contributed by atoms with van der Waals surface area (Å²) in [5, 5.41) is 0. The number of unbranched alkanes of at least 4 members (excludes halogenated alkanes) is 3. The van der Waals surface area contributed by atoms with Crippen LogP contribution in [0.3, 0.4) is 0 Å². The molecule has 0 aliphatic heterocycles. The highest BCUT2D eigenvalue weighted by molar-refractivity contribution is 6.82. The highest BCUT2D eigenvalue weighted by Gasteiger charge is 2.25. The summed E-state index contributed by atoms with van der Waals surface area (Å²) in [4.78, 5) is 0. The SMILES string of the molecule is CCCCC[CH][Si](CC)(CC)CC. The molecule has 0 rings (SSSR count). The van der Waals surface area contributed by atoms with Crippen molar-refractivity contribution >= 4 is 8.07 Å². The molecule has 0 aromatic carbocycles. The molecule has 0 aromatic rings. The van der Waals surface area contributed by atoms with Gasteiger partial charge in [-0.15, -0.1) is 0 Å². The fourth-order valence-corrected chi connectivity index (χ4v) is 5.17. The molecule has 0 saturated heterocycles. The molecule has 0 aromatic heterocycles. The van der Waals surface area contributed by atoms with E-state index in [0.29, 0.717) is 0 Å². The smallest absolute Gasteiger partial charge is 0.0558 e. The van der Waals surface area contributed by atoms with Crippen LogP contribution in [0.4, 0.5) is 0 Å². The molecule has 0 heterocycles. The van der Waals surface area contributed by atoms with Gasteiger partial charge in [0.25, 0.3) is 0 Å². The van der Waals surface area contributed by atoms with E-state index >= 15 is 0 Å². The lowest BCUT2D eigenvalue weighted by atomic mass is 10.2. The largest absolute Gasteiger partial charge is 0.0678 e. The summed E-state index contributed by atoms with van der Waals surface area (Å²) in [6, 6.07) is 7.08. The summed E-state index contributed by atoms with van der Waals surface area (Å²) >= 11 is 0. The van der Waals surface area contributed by atoms with Crippen molar-refractivity contribution in [3.05, 3.63) is 6.04 Å². The molecule has 0 spiro atoms. The Morgan fingerprint density at radius 2 is 1.38 bits per heavy atom. The maximum atomic E-state index is 2.72. The molecule has 0 bridgehead atoms. The van der Waals surface area contributed by atoms with Crippen molar-refractivity contribution in [2.24, 2.45) is 0 Å². The molecule has 0 amide bonds. The Kier molecular flexibility index (Phi) is 7.73. The molecule has 0 aliphatic carbocycles. The predicted octanol–water partition coefficient (Wildman–Crippen LogP) is 4.82. The Hall–Kier alpha value is 0.217. The van der Waals surface area contributed by atoms with Crippen LogP contribution in [0.2, 0.25) is 18.1 Å². The predicted molar refractivity (Wildman–Crippen MR) is 65.6 cm³/mol. The second kappa shape index (κ2) is 7.60. The van der Waals surface area contributed by atoms with Gasteiger partial charge in [-0.3, -0.25) is 0 Å². The van der Waals surface area contributed by atoms with Crippen molar-refractivity contribution in [3.63, 3.8) is 0 Å². The van der Waals surface area contributed by atoms with Crippen LogP contribution in [0.5, 0.6) is 0 Å². The second-order valence-corrected chi connectivity index (χ2v) is 9.38. The summed E-state index contributed by atoms with van der Waals surface area (Å²) in [7, 11) is -0.892. The van der Waals surface area contributed by atoms with E-state index < -0.39 is 8.07 Å². The number of rotatable bonds is 8. The monoisotopic (exact) mass is 199 g/mol. The summed E-state index contributed by atoms with van der Waals surface area (Å²) < 4.78 is 0. The quantitative estimate of drug-likeness (QED) is 0.388. The van der Waals surface area contributed by atoms with Gasteiger partial charge in [-0.25, -0.2) is 0 Å². The van der Waals surface area contributed by atoms with Crippen LogP contribution in [-0.4, -0.2) is 8.07 Å². The molecule has 0 saturated carbocycles. The maximum absolute atomic E-state index is 2.72.